The van der Waals surface area contributed by atoms with Crippen molar-refractivity contribution >= 4 is 29.1 Å². The summed E-state index contributed by atoms with van der Waals surface area (Å²) in [7, 11) is 0. The first-order valence-electron chi connectivity index (χ1n) is 6.67. The molecule has 1 amide bonds. The summed E-state index contributed by atoms with van der Waals surface area (Å²) in [4.78, 5) is 23.8. The molecular weight excluding hydrogens is 302 g/mol. The second kappa shape index (κ2) is 5.66. The summed E-state index contributed by atoms with van der Waals surface area (Å²) in [5, 5.41) is 13.6. The van der Waals surface area contributed by atoms with E-state index in [1.165, 1.54) is 0 Å². The number of nitrogens with one attached hydrogen (secondary N) is 1. The number of aliphatic hydroxyl groups excluding tert-OH is 1. The van der Waals surface area contributed by atoms with Gasteiger partial charge < -0.3 is 10.4 Å². The number of carbonyl (C=O) groups excluding carboxylic acids is 2. The van der Waals surface area contributed by atoms with Crippen molar-refractivity contribution in [2.45, 2.75) is 6.04 Å². The Hall–Kier alpha value is -2.59. The Morgan fingerprint density at radius 2 is 1.64 bits per heavy atom. The lowest BCUT2D eigenvalue weighted by Gasteiger charge is -2.13. The number of halogens is 1. The molecule has 0 aromatic heterocycles. The van der Waals surface area contributed by atoms with Crippen molar-refractivity contribution in [3.63, 3.8) is 0 Å². The second-order valence-corrected chi connectivity index (χ2v) is 5.35. The maximum Gasteiger partial charge on any atom is 0.293 e. The van der Waals surface area contributed by atoms with Crippen LogP contribution >= 0.6 is 11.6 Å². The van der Waals surface area contributed by atoms with Crippen LogP contribution in [0.3, 0.4) is 0 Å². The zero-order chi connectivity index (χ0) is 15.7. The fourth-order valence-electron chi connectivity index (χ4n) is 2.43. The molecule has 22 heavy (non-hydrogen) atoms. The molecule has 1 fully saturated rings. The number of hydrogen-bond donors (Lipinski definition) is 2. The quantitative estimate of drug-likeness (QED) is 0.509. The minimum atomic E-state index is -0.721. The smallest absolute Gasteiger partial charge is 0.293 e. The van der Waals surface area contributed by atoms with Gasteiger partial charge in [0.2, 0.25) is 0 Å². The van der Waals surface area contributed by atoms with Gasteiger partial charge in [-0.3, -0.25) is 9.59 Å². The maximum atomic E-state index is 12.1. The van der Waals surface area contributed by atoms with E-state index in [9.17, 15) is 14.7 Å². The van der Waals surface area contributed by atoms with E-state index in [1.54, 1.807) is 48.5 Å². The molecule has 0 aliphatic carbocycles. The lowest BCUT2D eigenvalue weighted by molar-refractivity contribution is -0.133. The topological polar surface area (TPSA) is 66.4 Å². The fraction of sp³-hybridized carbons (Fsp3) is 0.0588. The Labute approximate surface area is 132 Å². The van der Waals surface area contributed by atoms with Gasteiger partial charge >= 0.3 is 0 Å². The average Bonchev–Trinajstić information content (AvgIpc) is 2.84. The number of aliphatic hydroxyl groups is 1. The van der Waals surface area contributed by atoms with Crippen molar-refractivity contribution in [1.82, 2.24) is 5.32 Å². The summed E-state index contributed by atoms with van der Waals surface area (Å²) < 4.78 is 0. The van der Waals surface area contributed by atoms with Crippen molar-refractivity contribution in [3.05, 3.63) is 76.3 Å². The summed E-state index contributed by atoms with van der Waals surface area (Å²) in [5.41, 5.74) is 1.22. The van der Waals surface area contributed by atoms with Gasteiger partial charge in [-0.15, -0.1) is 0 Å². The van der Waals surface area contributed by atoms with Gasteiger partial charge in [-0.1, -0.05) is 41.9 Å². The molecule has 1 atom stereocenters. The highest BCUT2D eigenvalue weighted by molar-refractivity contribution is 6.46. The van der Waals surface area contributed by atoms with Crippen LogP contribution in [0.25, 0.3) is 5.76 Å². The first kappa shape index (κ1) is 14.4. The Balaban J connectivity index is 2.11. The van der Waals surface area contributed by atoms with Crippen LogP contribution in [0.4, 0.5) is 0 Å². The molecule has 0 bridgehead atoms. The minimum absolute atomic E-state index is 0.0542. The molecule has 0 saturated carbocycles. The molecular formula is C17H12ClNO3. The van der Waals surface area contributed by atoms with Gasteiger partial charge in [0.1, 0.15) is 5.76 Å². The van der Waals surface area contributed by atoms with E-state index in [4.69, 9.17) is 11.6 Å². The van der Waals surface area contributed by atoms with Gasteiger partial charge in [0.15, 0.2) is 0 Å². The lowest BCUT2D eigenvalue weighted by atomic mass is 9.96. The standard InChI is InChI=1S/C17H12ClNO3/c18-12-8-6-11(7-9-12)15(20)13-14(19-17(22)16(13)21)10-4-2-1-3-5-10/h1-9,14,20H,(H,19,22)/b15-13-. The molecule has 1 aliphatic heterocycles. The van der Waals surface area contributed by atoms with Crippen LogP contribution in [0, 0.1) is 0 Å². The highest BCUT2D eigenvalue weighted by Gasteiger charge is 2.39. The van der Waals surface area contributed by atoms with Crippen molar-refractivity contribution in [3.8, 4) is 0 Å². The van der Waals surface area contributed by atoms with Crippen LogP contribution in [0.5, 0.6) is 0 Å². The molecule has 1 aliphatic rings. The van der Waals surface area contributed by atoms with E-state index >= 15 is 0 Å². The predicted octanol–water partition coefficient (Wildman–Crippen LogP) is 3.05. The summed E-state index contributed by atoms with van der Waals surface area (Å²) >= 11 is 5.82. The summed E-state index contributed by atoms with van der Waals surface area (Å²) in [6, 6.07) is 14.8. The van der Waals surface area contributed by atoms with Gasteiger partial charge in [-0.25, -0.2) is 0 Å². The van der Waals surface area contributed by atoms with Gasteiger partial charge in [-0.2, -0.15) is 0 Å². The Morgan fingerprint density at radius 3 is 2.27 bits per heavy atom. The van der Waals surface area contributed by atoms with E-state index in [-0.39, 0.29) is 11.3 Å². The number of Topliss-reactive ketones (excluding diaryl/α,β-unsaturated/α-hetero) is 1. The monoisotopic (exact) mass is 313 g/mol. The van der Waals surface area contributed by atoms with Gasteiger partial charge in [0.25, 0.3) is 11.7 Å². The first-order valence-corrected chi connectivity index (χ1v) is 7.05. The first-order chi connectivity index (χ1) is 10.6. The molecule has 1 saturated heterocycles. The van der Waals surface area contributed by atoms with Gasteiger partial charge in [0.05, 0.1) is 11.6 Å². The number of benzene rings is 2. The predicted molar refractivity (Wildman–Crippen MR) is 83.3 cm³/mol. The third kappa shape index (κ3) is 2.49. The van der Waals surface area contributed by atoms with Crippen LogP contribution in [0.1, 0.15) is 17.2 Å². The zero-order valence-corrected chi connectivity index (χ0v) is 12.2. The number of carbonyl (C=O) groups is 2. The fourth-order valence-corrected chi connectivity index (χ4v) is 2.55. The molecule has 2 aromatic carbocycles. The van der Waals surface area contributed by atoms with Gasteiger partial charge in [0, 0.05) is 10.6 Å². The molecule has 0 spiro atoms. The molecule has 1 unspecified atom stereocenters. The van der Waals surface area contributed by atoms with Crippen molar-refractivity contribution in [2.75, 3.05) is 0 Å². The molecule has 2 aromatic rings. The average molecular weight is 314 g/mol. The van der Waals surface area contributed by atoms with Crippen LogP contribution < -0.4 is 5.32 Å². The van der Waals surface area contributed by atoms with Crippen molar-refractivity contribution in [1.29, 1.82) is 0 Å². The summed E-state index contributed by atoms with van der Waals surface area (Å²) in [6.07, 6.45) is 0. The number of hydrogen-bond acceptors (Lipinski definition) is 3. The van der Waals surface area contributed by atoms with Gasteiger partial charge in [-0.05, 0) is 29.8 Å². The number of ketones is 1. The largest absolute Gasteiger partial charge is 0.507 e. The molecule has 2 N–H and O–H groups in total. The molecule has 110 valence electrons. The van der Waals surface area contributed by atoms with E-state index in [0.29, 0.717) is 10.6 Å². The van der Waals surface area contributed by atoms with Crippen LogP contribution in [0.15, 0.2) is 60.2 Å². The molecule has 0 radical (unpaired) electrons. The molecule has 5 heteroatoms. The lowest BCUT2D eigenvalue weighted by Crippen LogP contribution is -2.21. The molecule has 1 heterocycles. The van der Waals surface area contributed by atoms with Crippen LogP contribution in [-0.4, -0.2) is 16.8 Å². The highest BCUT2D eigenvalue weighted by Crippen LogP contribution is 2.32. The van der Waals surface area contributed by atoms with E-state index in [2.05, 4.69) is 5.32 Å². The van der Waals surface area contributed by atoms with Crippen LogP contribution in [0.2, 0.25) is 5.02 Å². The van der Waals surface area contributed by atoms with Crippen molar-refractivity contribution in [2.24, 2.45) is 0 Å². The SMILES string of the molecule is O=C1NC(c2ccccc2)/C(=C(/O)c2ccc(Cl)cc2)C1=O. The number of rotatable bonds is 2. The second-order valence-electron chi connectivity index (χ2n) is 4.92. The van der Waals surface area contributed by atoms with Crippen LogP contribution in [-0.2, 0) is 9.59 Å². The molecule has 4 nitrogen and oxygen atoms in total. The van der Waals surface area contributed by atoms with E-state index in [1.807, 2.05) is 6.07 Å². The summed E-state index contributed by atoms with van der Waals surface area (Å²) in [6.45, 7) is 0. The Kier molecular flexibility index (Phi) is 3.69. The summed E-state index contributed by atoms with van der Waals surface area (Å²) in [5.74, 6) is -1.65. The highest BCUT2D eigenvalue weighted by atomic mass is 35.5. The normalized spacial score (nSPS) is 20.0. The minimum Gasteiger partial charge on any atom is -0.507 e. The van der Waals surface area contributed by atoms with Crippen molar-refractivity contribution < 1.29 is 14.7 Å². The maximum absolute atomic E-state index is 12.1. The third-order valence-corrected chi connectivity index (χ3v) is 3.77. The molecule has 3 rings (SSSR count). The van der Waals surface area contributed by atoms with E-state index in [0.717, 1.165) is 5.56 Å². The number of amides is 1. The third-order valence-electron chi connectivity index (χ3n) is 3.52. The Bertz CT molecular complexity index is 766. The zero-order valence-electron chi connectivity index (χ0n) is 11.4. The van der Waals surface area contributed by atoms with E-state index < -0.39 is 17.7 Å². The Morgan fingerprint density at radius 1 is 1.00 bits per heavy atom.